The summed E-state index contributed by atoms with van der Waals surface area (Å²) in [6, 6.07) is 1.01. The van der Waals surface area contributed by atoms with Gasteiger partial charge in [-0.1, -0.05) is 0 Å². The fourth-order valence-electron chi connectivity index (χ4n) is 1.72. The van der Waals surface area contributed by atoms with Gasteiger partial charge in [0.1, 0.15) is 0 Å². The van der Waals surface area contributed by atoms with E-state index in [1.54, 1.807) is 0 Å². The first-order valence-electron chi connectivity index (χ1n) is 4.44. The van der Waals surface area contributed by atoms with E-state index < -0.39 is 0 Å². The van der Waals surface area contributed by atoms with Crippen molar-refractivity contribution in [3.63, 3.8) is 0 Å². The SMILES string of the molecule is COC(=O)CC1CCC(C)N1C. The number of carbonyl (C=O) groups excluding carboxylic acids is 1. The second-order valence-corrected chi connectivity index (χ2v) is 3.53. The third-order valence-electron chi connectivity index (χ3n) is 2.82. The predicted octanol–water partition coefficient (Wildman–Crippen LogP) is 1.03. The van der Waals surface area contributed by atoms with Crippen LogP contribution in [-0.2, 0) is 9.53 Å². The molecule has 2 unspecified atom stereocenters. The lowest BCUT2D eigenvalue weighted by Crippen LogP contribution is -2.32. The molecule has 1 heterocycles. The van der Waals surface area contributed by atoms with E-state index in [2.05, 4.69) is 23.6 Å². The van der Waals surface area contributed by atoms with Crippen molar-refractivity contribution < 1.29 is 9.53 Å². The van der Waals surface area contributed by atoms with Crippen molar-refractivity contribution in [2.75, 3.05) is 14.2 Å². The van der Waals surface area contributed by atoms with Crippen LogP contribution in [0.4, 0.5) is 0 Å². The van der Waals surface area contributed by atoms with E-state index in [9.17, 15) is 4.79 Å². The first-order valence-corrected chi connectivity index (χ1v) is 4.44. The first kappa shape index (κ1) is 9.52. The highest BCUT2D eigenvalue weighted by molar-refractivity contribution is 5.69. The first-order chi connectivity index (χ1) is 5.65. The minimum Gasteiger partial charge on any atom is -0.469 e. The third kappa shape index (κ3) is 1.97. The number of rotatable bonds is 2. The molecule has 0 N–H and O–H groups in total. The number of ether oxygens (including phenoxy) is 1. The molecule has 0 aromatic heterocycles. The number of nitrogens with zero attached hydrogens (tertiary/aromatic N) is 1. The van der Waals surface area contributed by atoms with Gasteiger partial charge in [-0.25, -0.2) is 0 Å². The highest BCUT2D eigenvalue weighted by atomic mass is 16.5. The van der Waals surface area contributed by atoms with Crippen LogP contribution in [0.3, 0.4) is 0 Å². The highest BCUT2D eigenvalue weighted by Gasteiger charge is 2.28. The number of carbonyl (C=O) groups is 1. The normalized spacial score (nSPS) is 30.6. The minimum atomic E-state index is -0.0963. The van der Waals surface area contributed by atoms with E-state index in [0.29, 0.717) is 18.5 Å². The van der Waals surface area contributed by atoms with E-state index in [1.165, 1.54) is 13.5 Å². The Morgan fingerprint density at radius 3 is 2.67 bits per heavy atom. The van der Waals surface area contributed by atoms with E-state index in [4.69, 9.17) is 0 Å². The van der Waals surface area contributed by atoms with Crippen molar-refractivity contribution in [3.05, 3.63) is 0 Å². The molecule has 0 saturated carbocycles. The molecule has 1 rings (SSSR count). The fraction of sp³-hybridized carbons (Fsp3) is 0.889. The molecule has 3 heteroatoms. The monoisotopic (exact) mass is 171 g/mol. The van der Waals surface area contributed by atoms with Crippen molar-refractivity contribution in [3.8, 4) is 0 Å². The molecule has 2 atom stereocenters. The standard InChI is InChI=1S/C9H17NO2/c1-7-4-5-8(10(7)2)6-9(11)12-3/h7-8H,4-6H2,1-3H3. The van der Waals surface area contributed by atoms with Gasteiger partial charge in [0.2, 0.25) is 0 Å². The van der Waals surface area contributed by atoms with Gasteiger partial charge in [0.15, 0.2) is 0 Å². The van der Waals surface area contributed by atoms with Gasteiger partial charge < -0.3 is 9.64 Å². The summed E-state index contributed by atoms with van der Waals surface area (Å²) in [4.78, 5) is 13.2. The lowest BCUT2D eigenvalue weighted by atomic mass is 10.1. The molecule has 3 nitrogen and oxygen atoms in total. The molecular formula is C9H17NO2. The average molecular weight is 171 g/mol. The Morgan fingerprint density at radius 1 is 1.58 bits per heavy atom. The minimum absolute atomic E-state index is 0.0963. The summed E-state index contributed by atoms with van der Waals surface area (Å²) in [6.45, 7) is 2.19. The maximum atomic E-state index is 11.0. The van der Waals surface area contributed by atoms with Gasteiger partial charge in [-0.15, -0.1) is 0 Å². The summed E-state index contributed by atoms with van der Waals surface area (Å²) < 4.78 is 4.63. The molecule has 0 bridgehead atoms. The predicted molar refractivity (Wildman–Crippen MR) is 46.9 cm³/mol. The second kappa shape index (κ2) is 3.90. The average Bonchev–Trinajstić information content (AvgIpc) is 2.36. The molecule has 12 heavy (non-hydrogen) atoms. The summed E-state index contributed by atoms with van der Waals surface area (Å²) in [5.41, 5.74) is 0. The van der Waals surface area contributed by atoms with Gasteiger partial charge in [0.25, 0.3) is 0 Å². The van der Waals surface area contributed by atoms with Gasteiger partial charge in [0.05, 0.1) is 13.5 Å². The van der Waals surface area contributed by atoms with Gasteiger partial charge in [-0.2, -0.15) is 0 Å². The smallest absolute Gasteiger partial charge is 0.307 e. The fourth-order valence-corrected chi connectivity index (χ4v) is 1.72. The summed E-state index contributed by atoms with van der Waals surface area (Å²) in [6.07, 6.45) is 2.85. The zero-order chi connectivity index (χ0) is 9.14. The zero-order valence-electron chi connectivity index (χ0n) is 8.04. The molecule has 0 aromatic carbocycles. The van der Waals surface area contributed by atoms with Gasteiger partial charge in [-0.3, -0.25) is 4.79 Å². The van der Waals surface area contributed by atoms with Crippen LogP contribution in [0.2, 0.25) is 0 Å². The van der Waals surface area contributed by atoms with Crippen molar-refractivity contribution in [2.45, 2.75) is 38.3 Å². The van der Waals surface area contributed by atoms with E-state index in [0.717, 1.165) is 6.42 Å². The molecule has 0 radical (unpaired) electrons. The van der Waals surface area contributed by atoms with Crippen LogP contribution in [0.1, 0.15) is 26.2 Å². The van der Waals surface area contributed by atoms with Gasteiger partial charge in [-0.05, 0) is 26.8 Å². The van der Waals surface area contributed by atoms with Crippen LogP contribution in [0.5, 0.6) is 0 Å². The van der Waals surface area contributed by atoms with Gasteiger partial charge >= 0.3 is 5.97 Å². The van der Waals surface area contributed by atoms with E-state index in [-0.39, 0.29) is 5.97 Å². The van der Waals surface area contributed by atoms with E-state index in [1.807, 2.05) is 0 Å². The molecule has 1 aliphatic rings. The summed E-state index contributed by atoms with van der Waals surface area (Å²) in [5, 5.41) is 0. The van der Waals surface area contributed by atoms with Gasteiger partial charge in [0, 0.05) is 12.1 Å². The molecule has 70 valence electrons. The number of hydrogen-bond acceptors (Lipinski definition) is 3. The lowest BCUT2D eigenvalue weighted by Gasteiger charge is -2.21. The number of hydrogen-bond donors (Lipinski definition) is 0. The molecule has 0 aliphatic carbocycles. The Balaban J connectivity index is 2.38. The number of esters is 1. The second-order valence-electron chi connectivity index (χ2n) is 3.53. The van der Waals surface area contributed by atoms with Crippen LogP contribution in [0.25, 0.3) is 0 Å². The van der Waals surface area contributed by atoms with Crippen LogP contribution in [0.15, 0.2) is 0 Å². The number of methoxy groups -OCH3 is 1. The van der Waals surface area contributed by atoms with Crippen molar-refractivity contribution in [1.82, 2.24) is 4.90 Å². The Kier molecular flexibility index (Phi) is 3.09. The van der Waals surface area contributed by atoms with Crippen molar-refractivity contribution >= 4 is 5.97 Å². The topological polar surface area (TPSA) is 29.5 Å². The van der Waals surface area contributed by atoms with Crippen LogP contribution < -0.4 is 0 Å². The Labute approximate surface area is 73.7 Å². The maximum Gasteiger partial charge on any atom is 0.307 e. The largest absolute Gasteiger partial charge is 0.469 e. The highest BCUT2D eigenvalue weighted by Crippen LogP contribution is 2.23. The van der Waals surface area contributed by atoms with Crippen molar-refractivity contribution in [1.29, 1.82) is 0 Å². The molecule has 0 spiro atoms. The van der Waals surface area contributed by atoms with Crippen LogP contribution >= 0.6 is 0 Å². The zero-order valence-corrected chi connectivity index (χ0v) is 8.04. The molecule has 0 aromatic rings. The van der Waals surface area contributed by atoms with Crippen molar-refractivity contribution in [2.24, 2.45) is 0 Å². The van der Waals surface area contributed by atoms with E-state index >= 15 is 0 Å². The lowest BCUT2D eigenvalue weighted by molar-refractivity contribution is -0.141. The summed E-state index contributed by atoms with van der Waals surface area (Å²) in [5.74, 6) is -0.0963. The van der Waals surface area contributed by atoms with Crippen LogP contribution in [0, 0.1) is 0 Å². The Bertz CT molecular complexity index is 170. The summed E-state index contributed by atoms with van der Waals surface area (Å²) >= 11 is 0. The maximum absolute atomic E-state index is 11.0. The Hall–Kier alpha value is -0.570. The van der Waals surface area contributed by atoms with Crippen LogP contribution in [-0.4, -0.2) is 37.1 Å². The molecule has 1 aliphatic heterocycles. The Morgan fingerprint density at radius 2 is 2.25 bits per heavy atom. The third-order valence-corrected chi connectivity index (χ3v) is 2.82. The molecule has 1 fully saturated rings. The quantitative estimate of drug-likeness (QED) is 0.581. The molecule has 0 amide bonds. The summed E-state index contributed by atoms with van der Waals surface area (Å²) in [7, 11) is 3.52. The molecular weight excluding hydrogens is 154 g/mol. The molecule has 1 saturated heterocycles. The number of likely N-dealkylation sites (tertiary alicyclic amines) is 1.